The average Bonchev–Trinajstić information content (AvgIpc) is 2.43. The Morgan fingerprint density at radius 1 is 1.43 bits per heavy atom. The predicted molar refractivity (Wildman–Crippen MR) is 56.7 cm³/mol. The fourth-order valence-electron chi connectivity index (χ4n) is 3.02. The van der Waals surface area contributed by atoms with E-state index in [9.17, 15) is 4.79 Å². The Hall–Kier alpha value is -0.790. The van der Waals surface area contributed by atoms with Crippen LogP contribution in [0.2, 0.25) is 0 Å². The van der Waals surface area contributed by atoms with Crippen molar-refractivity contribution in [1.82, 2.24) is 5.32 Å². The van der Waals surface area contributed by atoms with Crippen LogP contribution in [0.4, 0.5) is 0 Å². The van der Waals surface area contributed by atoms with Gasteiger partial charge < -0.3 is 5.32 Å². The van der Waals surface area contributed by atoms with Crippen molar-refractivity contribution in [1.29, 1.82) is 0 Å². The van der Waals surface area contributed by atoms with Gasteiger partial charge in [0.1, 0.15) is 0 Å². The van der Waals surface area contributed by atoms with Crippen LogP contribution in [-0.2, 0) is 4.79 Å². The van der Waals surface area contributed by atoms with Gasteiger partial charge in [-0.3, -0.25) is 4.79 Å². The fraction of sp³-hybridized carbons (Fsp3) is 0.750. The molecule has 0 aromatic carbocycles. The molecule has 0 bridgehead atoms. The molecule has 0 aromatic rings. The van der Waals surface area contributed by atoms with Gasteiger partial charge in [-0.2, -0.15) is 0 Å². The Morgan fingerprint density at radius 2 is 2.21 bits per heavy atom. The van der Waals surface area contributed by atoms with Crippen LogP contribution in [0.5, 0.6) is 0 Å². The molecule has 1 saturated carbocycles. The van der Waals surface area contributed by atoms with Crippen LogP contribution < -0.4 is 5.32 Å². The first-order valence-electron chi connectivity index (χ1n) is 5.62. The lowest BCUT2D eigenvalue weighted by Gasteiger charge is -2.26. The van der Waals surface area contributed by atoms with Crippen molar-refractivity contribution < 1.29 is 4.79 Å². The fourth-order valence-corrected chi connectivity index (χ4v) is 3.02. The molecule has 3 unspecified atom stereocenters. The largest absolute Gasteiger partial charge is 0.356 e. The molecular weight excluding hydrogens is 174 g/mol. The van der Waals surface area contributed by atoms with Crippen molar-refractivity contribution in [3.05, 3.63) is 11.6 Å². The molecular formula is C12H19NO. The maximum atomic E-state index is 10.4. The Labute approximate surface area is 85.8 Å². The summed E-state index contributed by atoms with van der Waals surface area (Å²) in [6.45, 7) is 4.68. The summed E-state index contributed by atoms with van der Waals surface area (Å²) in [7, 11) is 0. The van der Waals surface area contributed by atoms with Crippen LogP contribution in [0.3, 0.4) is 0 Å². The number of fused-ring (bicyclic) bond motifs is 1. The van der Waals surface area contributed by atoms with Crippen molar-refractivity contribution in [2.24, 2.45) is 17.8 Å². The van der Waals surface area contributed by atoms with E-state index in [1.807, 2.05) is 0 Å². The van der Waals surface area contributed by atoms with Crippen LogP contribution in [0.15, 0.2) is 11.6 Å². The number of hydrogen-bond acceptors (Lipinski definition) is 1. The third-order valence-electron chi connectivity index (χ3n) is 4.02. The highest BCUT2D eigenvalue weighted by Gasteiger charge is 2.36. The quantitative estimate of drug-likeness (QED) is 0.528. The van der Waals surface area contributed by atoms with Gasteiger partial charge in [0.2, 0.25) is 6.41 Å². The molecule has 2 aliphatic rings. The van der Waals surface area contributed by atoms with E-state index in [0.717, 1.165) is 37.0 Å². The predicted octanol–water partition coefficient (Wildman–Crippen LogP) is 2.11. The molecule has 0 spiro atoms. The molecule has 0 saturated heterocycles. The van der Waals surface area contributed by atoms with Gasteiger partial charge in [-0.25, -0.2) is 0 Å². The van der Waals surface area contributed by atoms with Crippen molar-refractivity contribution in [3.8, 4) is 0 Å². The van der Waals surface area contributed by atoms with Crippen molar-refractivity contribution in [3.63, 3.8) is 0 Å². The summed E-state index contributed by atoms with van der Waals surface area (Å²) in [6.07, 6.45) is 6.69. The molecule has 78 valence electrons. The van der Waals surface area contributed by atoms with E-state index in [-0.39, 0.29) is 0 Å². The summed E-state index contributed by atoms with van der Waals surface area (Å²) in [5.74, 6) is 2.32. The highest BCUT2D eigenvalue weighted by atomic mass is 16.1. The van der Waals surface area contributed by atoms with Gasteiger partial charge in [-0.05, 0) is 37.0 Å². The maximum Gasteiger partial charge on any atom is 0.207 e. The summed E-state index contributed by atoms with van der Waals surface area (Å²) in [4.78, 5) is 10.4. The Morgan fingerprint density at radius 3 is 2.93 bits per heavy atom. The number of carbonyl (C=O) groups is 1. The smallest absolute Gasteiger partial charge is 0.207 e. The average molecular weight is 193 g/mol. The summed E-state index contributed by atoms with van der Waals surface area (Å²) in [6, 6.07) is 0.388. The Bertz CT molecular complexity index is 259. The van der Waals surface area contributed by atoms with E-state index < -0.39 is 0 Å². The van der Waals surface area contributed by atoms with Gasteiger partial charge >= 0.3 is 0 Å². The van der Waals surface area contributed by atoms with Gasteiger partial charge in [0.25, 0.3) is 0 Å². The van der Waals surface area contributed by atoms with E-state index in [4.69, 9.17) is 0 Å². The first kappa shape index (κ1) is 9.75. The first-order chi connectivity index (χ1) is 6.72. The second-order valence-corrected chi connectivity index (χ2v) is 4.86. The molecule has 1 N–H and O–H groups in total. The number of allylic oxidation sites excluding steroid dienone is 1. The SMILES string of the molecule is CC1C[C@@H]2CC(NC=O)CC=C2C1C. The second kappa shape index (κ2) is 3.76. The van der Waals surface area contributed by atoms with Crippen LogP contribution >= 0.6 is 0 Å². The molecule has 1 amide bonds. The summed E-state index contributed by atoms with van der Waals surface area (Å²) >= 11 is 0. The van der Waals surface area contributed by atoms with Crippen LogP contribution in [0.25, 0.3) is 0 Å². The molecule has 2 rings (SSSR count). The highest BCUT2D eigenvalue weighted by Crippen LogP contribution is 2.45. The minimum Gasteiger partial charge on any atom is -0.356 e. The van der Waals surface area contributed by atoms with E-state index in [2.05, 4.69) is 25.2 Å². The van der Waals surface area contributed by atoms with Gasteiger partial charge in [0.05, 0.1) is 0 Å². The van der Waals surface area contributed by atoms with Crippen LogP contribution in [0.1, 0.15) is 33.1 Å². The minimum absolute atomic E-state index is 0.388. The molecule has 1 fully saturated rings. The van der Waals surface area contributed by atoms with Gasteiger partial charge in [0.15, 0.2) is 0 Å². The van der Waals surface area contributed by atoms with E-state index in [1.54, 1.807) is 5.57 Å². The molecule has 0 heterocycles. The molecule has 2 aliphatic carbocycles. The normalized spacial score (nSPS) is 41.4. The summed E-state index contributed by atoms with van der Waals surface area (Å²) in [5.41, 5.74) is 1.65. The zero-order valence-electron chi connectivity index (χ0n) is 8.99. The zero-order chi connectivity index (χ0) is 10.1. The molecule has 14 heavy (non-hydrogen) atoms. The number of amides is 1. The van der Waals surface area contributed by atoms with Crippen LogP contribution in [-0.4, -0.2) is 12.5 Å². The van der Waals surface area contributed by atoms with E-state index >= 15 is 0 Å². The maximum absolute atomic E-state index is 10.4. The number of nitrogens with one attached hydrogen (secondary N) is 1. The molecule has 0 aliphatic heterocycles. The lowest BCUT2D eigenvalue weighted by Crippen LogP contribution is -2.32. The standard InChI is InChI=1S/C12H19NO/c1-8-5-10-6-11(13-7-14)3-4-12(10)9(8)2/h4,7-11H,3,5-6H2,1-2H3,(H,13,14)/t8?,9?,10-,11?/m1/s1. The molecule has 0 radical (unpaired) electrons. The van der Waals surface area contributed by atoms with Crippen LogP contribution in [0, 0.1) is 17.8 Å². The minimum atomic E-state index is 0.388. The lowest BCUT2D eigenvalue weighted by molar-refractivity contribution is -0.110. The number of rotatable bonds is 2. The van der Waals surface area contributed by atoms with Crippen molar-refractivity contribution in [2.75, 3.05) is 0 Å². The Balaban J connectivity index is 2.06. The third-order valence-corrected chi connectivity index (χ3v) is 4.02. The Kier molecular flexibility index (Phi) is 2.62. The third kappa shape index (κ3) is 1.58. The van der Waals surface area contributed by atoms with Gasteiger partial charge in [-0.15, -0.1) is 0 Å². The van der Waals surface area contributed by atoms with Crippen molar-refractivity contribution in [2.45, 2.75) is 39.2 Å². The topological polar surface area (TPSA) is 29.1 Å². The molecule has 0 aromatic heterocycles. The number of carbonyl (C=O) groups excluding carboxylic acids is 1. The highest BCUT2D eigenvalue weighted by molar-refractivity contribution is 5.47. The summed E-state index contributed by atoms with van der Waals surface area (Å²) < 4.78 is 0. The molecule has 2 heteroatoms. The van der Waals surface area contributed by atoms with E-state index in [0.29, 0.717) is 6.04 Å². The summed E-state index contributed by atoms with van der Waals surface area (Å²) in [5, 5.41) is 2.90. The lowest BCUT2D eigenvalue weighted by atomic mass is 9.85. The molecule has 2 nitrogen and oxygen atoms in total. The molecule has 4 atom stereocenters. The zero-order valence-corrected chi connectivity index (χ0v) is 8.99. The van der Waals surface area contributed by atoms with E-state index in [1.165, 1.54) is 6.42 Å². The second-order valence-electron chi connectivity index (χ2n) is 4.86. The monoisotopic (exact) mass is 193 g/mol. The number of hydrogen-bond donors (Lipinski definition) is 1. The van der Waals surface area contributed by atoms with Gasteiger partial charge in [0, 0.05) is 6.04 Å². The van der Waals surface area contributed by atoms with Gasteiger partial charge in [-0.1, -0.05) is 25.5 Å². The van der Waals surface area contributed by atoms with Crippen molar-refractivity contribution >= 4 is 6.41 Å². The first-order valence-corrected chi connectivity index (χ1v) is 5.62.